The number of carbonyl (C=O) groups excluding carboxylic acids is 1. The number of nitrogens with zero attached hydrogens (tertiary/aromatic N) is 3. The molecule has 38 heavy (non-hydrogen) atoms. The minimum absolute atomic E-state index is 0.182. The van der Waals surface area contributed by atoms with Gasteiger partial charge >= 0.3 is 12.0 Å². The van der Waals surface area contributed by atoms with E-state index in [1.807, 2.05) is 60.7 Å². The smallest absolute Gasteiger partial charge is 0.323 e. The Balaban J connectivity index is 1.18. The quantitative estimate of drug-likeness (QED) is 0.377. The highest BCUT2D eigenvalue weighted by Gasteiger charge is 2.23. The number of aromatic nitrogens is 1. The van der Waals surface area contributed by atoms with Crippen LogP contribution in [0.15, 0.2) is 77.3 Å². The van der Waals surface area contributed by atoms with Gasteiger partial charge in [-0.3, -0.25) is 15.0 Å². The van der Waals surface area contributed by atoms with Crippen molar-refractivity contribution in [2.45, 2.75) is 19.4 Å². The van der Waals surface area contributed by atoms with E-state index in [1.54, 1.807) is 11.8 Å². The number of urea groups is 1. The van der Waals surface area contributed by atoms with Crippen molar-refractivity contribution < 1.29 is 19.2 Å². The van der Waals surface area contributed by atoms with Crippen LogP contribution in [0.2, 0.25) is 0 Å². The van der Waals surface area contributed by atoms with Crippen molar-refractivity contribution in [3.63, 3.8) is 0 Å². The molecule has 2 N–H and O–H groups in total. The van der Waals surface area contributed by atoms with Crippen LogP contribution in [0.4, 0.5) is 10.6 Å². The van der Waals surface area contributed by atoms with E-state index in [4.69, 9.17) is 4.52 Å². The molecular formula is C30H28N4O4. The van der Waals surface area contributed by atoms with Gasteiger partial charge in [-0.2, -0.15) is 0 Å². The van der Waals surface area contributed by atoms with Gasteiger partial charge in [-0.05, 0) is 48.4 Å². The molecule has 2 amide bonds. The summed E-state index contributed by atoms with van der Waals surface area (Å²) in [6.07, 6.45) is 0. The third-order valence-electron chi connectivity index (χ3n) is 6.73. The molecule has 0 radical (unpaired) electrons. The number of carboxylic acid groups (broad SMARTS) is 1. The number of rotatable bonds is 5. The topological polar surface area (TPSA) is 98.9 Å². The summed E-state index contributed by atoms with van der Waals surface area (Å²) in [4.78, 5) is 28.3. The Hall–Kier alpha value is -4.61. The fourth-order valence-electron chi connectivity index (χ4n) is 4.53. The number of benzene rings is 3. The molecule has 2 heterocycles. The van der Waals surface area contributed by atoms with Crippen LogP contribution < -0.4 is 5.32 Å². The fraction of sp³-hybridized carbons (Fsp3) is 0.233. The summed E-state index contributed by atoms with van der Waals surface area (Å²) >= 11 is 0. The zero-order valence-electron chi connectivity index (χ0n) is 21.1. The second-order valence-corrected chi connectivity index (χ2v) is 9.32. The van der Waals surface area contributed by atoms with Crippen molar-refractivity contribution >= 4 is 28.8 Å². The number of anilines is 1. The first-order chi connectivity index (χ1) is 18.5. The summed E-state index contributed by atoms with van der Waals surface area (Å²) in [5, 5.41) is 17.0. The number of fused-ring (bicyclic) bond motifs is 1. The average Bonchev–Trinajstić information content (AvgIpc) is 3.35. The maximum Gasteiger partial charge on any atom is 0.323 e. The maximum atomic E-state index is 12.8. The first kappa shape index (κ1) is 25.1. The molecule has 0 spiro atoms. The molecule has 1 aliphatic heterocycles. The summed E-state index contributed by atoms with van der Waals surface area (Å²) in [7, 11) is 0. The summed E-state index contributed by atoms with van der Waals surface area (Å²) in [5.41, 5.74) is 4.08. The molecule has 8 heteroatoms. The van der Waals surface area contributed by atoms with Crippen LogP contribution in [0.1, 0.15) is 35.1 Å². The van der Waals surface area contributed by atoms with Gasteiger partial charge in [0.25, 0.3) is 0 Å². The molecule has 192 valence electrons. The van der Waals surface area contributed by atoms with Crippen LogP contribution in [0.3, 0.4) is 0 Å². The Bertz CT molecular complexity index is 1530. The number of hydrogen-bond donors (Lipinski definition) is 2. The highest BCUT2D eigenvalue weighted by Crippen LogP contribution is 2.23. The maximum absolute atomic E-state index is 12.8. The van der Waals surface area contributed by atoms with Crippen LogP contribution in [-0.4, -0.2) is 58.2 Å². The normalized spacial score (nSPS) is 14.5. The Labute approximate surface area is 220 Å². The summed E-state index contributed by atoms with van der Waals surface area (Å²) in [5.74, 6) is 5.29. The van der Waals surface area contributed by atoms with Crippen molar-refractivity contribution in [2.24, 2.45) is 0 Å². The molecule has 1 saturated heterocycles. The largest absolute Gasteiger partial charge is 0.481 e. The Morgan fingerprint density at radius 1 is 1.00 bits per heavy atom. The van der Waals surface area contributed by atoms with Crippen LogP contribution in [-0.2, 0) is 11.3 Å². The zero-order valence-corrected chi connectivity index (χ0v) is 21.1. The Kier molecular flexibility index (Phi) is 7.38. The molecule has 4 aromatic rings. The predicted molar refractivity (Wildman–Crippen MR) is 145 cm³/mol. The Morgan fingerprint density at radius 2 is 1.76 bits per heavy atom. The van der Waals surface area contributed by atoms with E-state index < -0.39 is 11.9 Å². The lowest BCUT2D eigenvalue weighted by Gasteiger charge is -2.34. The summed E-state index contributed by atoms with van der Waals surface area (Å²) in [6, 6.07) is 22.7. The fourth-order valence-corrected chi connectivity index (χ4v) is 4.53. The van der Waals surface area contributed by atoms with Gasteiger partial charge in [0.2, 0.25) is 0 Å². The van der Waals surface area contributed by atoms with Gasteiger partial charge in [0.15, 0.2) is 11.4 Å². The number of para-hydroxylation sites is 1. The van der Waals surface area contributed by atoms with E-state index >= 15 is 0 Å². The highest BCUT2D eigenvalue weighted by atomic mass is 16.5. The molecule has 8 nitrogen and oxygen atoms in total. The van der Waals surface area contributed by atoms with Crippen molar-refractivity contribution in [3.8, 4) is 11.8 Å². The van der Waals surface area contributed by atoms with Crippen molar-refractivity contribution in [1.82, 2.24) is 15.0 Å². The van der Waals surface area contributed by atoms with E-state index in [1.165, 1.54) is 0 Å². The molecule has 1 aromatic heterocycles. The number of nitrogens with one attached hydrogen (secondary N) is 1. The second kappa shape index (κ2) is 11.2. The standard InChI is InChI=1S/C30H28N4O4/c1-21(29(35)36)25-10-3-2-9-24(25)14-13-22-7-6-8-23(19-22)20-33-15-17-34(18-16-33)30(37)31-28-26-11-4-5-12-27(26)38-32-28/h2-12,19,21H,15-18,20H2,1H3,(H,35,36)(H,31,32,37). The number of hydrogen-bond acceptors (Lipinski definition) is 5. The number of piperazine rings is 1. The van der Waals surface area contributed by atoms with Gasteiger partial charge in [0, 0.05) is 43.9 Å². The van der Waals surface area contributed by atoms with Crippen LogP contribution in [0, 0.1) is 11.8 Å². The highest BCUT2D eigenvalue weighted by molar-refractivity contribution is 5.98. The van der Waals surface area contributed by atoms with Gasteiger partial charge in [-0.15, -0.1) is 0 Å². The molecule has 0 bridgehead atoms. The van der Waals surface area contributed by atoms with Gasteiger partial charge in [0.1, 0.15) is 0 Å². The lowest BCUT2D eigenvalue weighted by atomic mass is 9.96. The third-order valence-corrected chi connectivity index (χ3v) is 6.73. The van der Waals surface area contributed by atoms with Crippen molar-refractivity contribution in [3.05, 3.63) is 95.1 Å². The monoisotopic (exact) mass is 508 g/mol. The molecule has 1 fully saturated rings. The zero-order chi connectivity index (χ0) is 26.5. The summed E-state index contributed by atoms with van der Waals surface area (Å²) in [6.45, 7) is 5.15. The third kappa shape index (κ3) is 5.69. The first-order valence-electron chi connectivity index (χ1n) is 12.5. The molecule has 5 rings (SSSR count). The molecule has 3 aromatic carbocycles. The number of aliphatic carboxylic acids is 1. The second-order valence-electron chi connectivity index (χ2n) is 9.32. The van der Waals surface area contributed by atoms with Gasteiger partial charge in [0.05, 0.1) is 11.3 Å². The summed E-state index contributed by atoms with van der Waals surface area (Å²) < 4.78 is 5.27. The molecule has 1 aliphatic rings. The number of carbonyl (C=O) groups is 2. The average molecular weight is 509 g/mol. The van der Waals surface area contributed by atoms with E-state index in [9.17, 15) is 14.7 Å². The first-order valence-corrected chi connectivity index (χ1v) is 12.5. The van der Waals surface area contributed by atoms with Crippen LogP contribution >= 0.6 is 0 Å². The lowest BCUT2D eigenvalue weighted by molar-refractivity contribution is -0.138. The lowest BCUT2D eigenvalue weighted by Crippen LogP contribution is -2.49. The molecule has 1 atom stereocenters. The van der Waals surface area contributed by atoms with Crippen LogP contribution in [0.25, 0.3) is 11.0 Å². The minimum atomic E-state index is -0.870. The number of amides is 2. The van der Waals surface area contributed by atoms with Crippen molar-refractivity contribution in [1.29, 1.82) is 0 Å². The van der Waals surface area contributed by atoms with Crippen LogP contribution in [0.5, 0.6) is 0 Å². The molecule has 0 saturated carbocycles. The molecular weight excluding hydrogens is 480 g/mol. The number of carboxylic acids is 1. The van der Waals surface area contributed by atoms with Gasteiger partial charge in [-0.25, -0.2) is 4.79 Å². The van der Waals surface area contributed by atoms with Gasteiger partial charge < -0.3 is 14.5 Å². The Morgan fingerprint density at radius 3 is 2.58 bits per heavy atom. The van der Waals surface area contributed by atoms with E-state index in [0.717, 1.165) is 41.7 Å². The minimum Gasteiger partial charge on any atom is -0.481 e. The van der Waals surface area contributed by atoms with E-state index in [-0.39, 0.29) is 6.03 Å². The molecule has 0 aliphatic carbocycles. The molecule has 1 unspecified atom stereocenters. The van der Waals surface area contributed by atoms with E-state index in [0.29, 0.717) is 30.1 Å². The van der Waals surface area contributed by atoms with E-state index in [2.05, 4.69) is 39.3 Å². The van der Waals surface area contributed by atoms with Crippen molar-refractivity contribution in [2.75, 3.05) is 31.5 Å². The SMILES string of the molecule is CC(C(=O)O)c1ccccc1C#Cc1cccc(CN2CCN(C(=O)Nc3noc4ccccc34)CC2)c1. The van der Waals surface area contributed by atoms with Gasteiger partial charge in [-0.1, -0.05) is 59.5 Å². The predicted octanol–water partition coefficient (Wildman–Crippen LogP) is 4.77.